The van der Waals surface area contributed by atoms with E-state index in [9.17, 15) is 9.59 Å². The number of carbonyl (C=O) groups is 2. The fourth-order valence-electron chi connectivity index (χ4n) is 2.21. The van der Waals surface area contributed by atoms with Gasteiger partial charge in [0.1, 0.15) is 6.54 Å². The molecule has 0 saturated carbocycles. The molecule has 0 unspecified atom stereocenters. The zero-order valence-corrected chi connectivity index (χ0v) is 11.2. The van der Waals surface area contributed by atoms with Crippen molar-refractivity contribution >= 4 is 11.9 Å². The number of aliphatic carboxylic acids is 1. The molecule has 0 atom stereocenters. The van der Waals surface area contributed by atoms with Crippen LogP contribution in [0.15, 0.2) is 0 Å². The van der Waals surface area contributed by atoms with E-state index >= 15 is 0 Å². The molecule has 1 aliphatic rings. The number of rotatable bonds is 6. The smallest absolute Gasteiger partial charge is 0.323 e. The number of amides is 1. The van der Waals surface area contributed by atoms with Gasteiger partial charge in [0.2, 0.25) is 5.91 Å². The summed E-state index contributed by atoms with van der Waals surface area (Å²) < 4.78 is 5.27. The Morgan fingerprint density at radius 1 is 1.33 bits per heavy atom. The van der Waals surface area contributed by atoms with Gasteiger partial charge in [-0.2, -0.15) is 0 Å². The molecule has 0 aromatic heterocycles. The molecule has 1 N–H and O–H groups in total. The van der Waals surface area contributed by atoms with Gasteiger partial charge in [-0.1, -0.05) is 0 Å². The number of nitrogens with zero attached hydrogens (tertiary/aromatic N) is 1. The molecular formula is C13H23NO4. The largest absolute Gasteiger partial charge is 0.480 e. The van der Waals surface area contributed by atoms with Gasteiger partial charge in [-0.3, -0.25) is 9.59 Å². The molecule has 0 spiro atoms. The zero-order chi connectivity index (χ0) is 13.5. The third-order valence-corrected chi connectivity index (χ3v) is 3.36. The molecule has 1 heterocycles. The van der Waals surface area contributed by atoms with Gasteiger partial charge in [-0.05, 0) is 39.0 Å². The number of hydrogen-bond acceptors (Lipinski definition) is 3. The Hall–Kier alpha value is -1.10. The molecule has 1 saturated heterocycles. The second-order valence-electron chi connectivity index (χ2n) is 5.10. The highest BCUT2D eigenvalue weighted by atomic mass is 16.5. The molecule has 1 amide bonds. The van der Waals surface area contributed by atoms with Gasteiger partial charge in [0.15, 0.2) is 0 Å². The third kappa shape index (κ3) is 5.04. The van der Waals surface area contributed by atoms with Gasteiger partial charge in [0, 0.05) is 25.7 Å². The quantitative estimate of drug-likeness (QED) is 0.783. The van der Waals surface area contributed by atoms with Gasteiger partial charge >= 0.3 is 5.97 Å². The Bertz CT molecular complexity index is 285. The Morgan fingerprint density at radius 3 is 2.44 bits per heavy atom. The molecule has 0 aliphatic carbocycles. The molecule has 1 rings (SSSR count). The SMILES string of the molecule is CC(C)N(CC(=O)O)C(=O)CCC1CCOCC1. The lowest BCUT2D eigenvalue weighted by atomic mass is 9.94. The number of carbonyl (C=O) groups excluding carboxylic acids is 1. The van der Waals surface area contributed by atoms with Crippen molar-refractivity contribution < 1.29 is 19.4 Å². The molecule has 5 nitrogen and oxygen atoms in total. The summed E-state index contributed by atoms with van der Waals surface area (Å²) in [5.74, 6) is -0.469. The molecule has 0 aromatic rings. The van der Waals surface area contributed by atoms with Crippen LogP contribution in [0.2, 0.25) is 0 Å². The highest BCUT2D eigenvalue weighted by molar-refractivity contribution is 5.81. The van der Waals surface area contributed by atoms with Crippen LogP contribution in [-0.4, -0.2) is 47.7 Å². The van der Waals surface area contributed by atoms with Gasteiger partial charge < -0.3 is 14.7 Å². The van der Waals surface area contributed by atoms with Crippen molar-refractivity contribution in [2.24, 2.45) is 5.92 Å². The summed E-state index contributed by atoms with van der Waals surface area (Å²) in [5.41, 5.74) is 0. The first-order valence-corrected chi connectivity index (χ1v) is 6.59. The Morgan fingerprint density at radius 2 is 1.94 bits per heavy atom. The first-order chi connectivity index (χ1) is 8.50. The second-order valence-corrected chi connectivity index (χ2v) is 5.10. The Labute approximate surface area is 108 Å². The van der Waals surface area contributed by atoms with E-state index in [0.29, 0.717) is 12.3 Å². The maximum atomic E-state index is 12.0. The Balaban J connectivity index is 2.38. The van der Waals surface area contributed by atoms with Gasteiger partial charge in [0.25, 0.3) is 0 Å². The van der Waals surface area contributed by atoms with Gasteiger partial charge in [0.05, 0.1) is 0 Å². The minimum absolute atomic E-state index is 0.0566. The van der Waals surface area contributed by atoms with E-state index in [1.165, 1.54) is 4.90 Å². The molecule has 5 heteroatoms. The lowest BCUT2D eigenvalue weighted by Gasteiger charge is -2.27. The van der Waals surface area contributed by atoms with E-state index in [0.717, 1.165) is 32.5 Å². The highest BCUT2D eigenvalue weighted by Crippen LogP contribution is 2.20. The first kappa shape index (κ1) is 15.0. The maximum Gasteiger partial charge on any atom is 0.323 e. The minimum Gasteiger partial charge on any atom is -0.480 e. The number of carboxylic acid groups (broad SMARTS) is 1. The van der Waals surface area contributed by atoms with Crippen LogP contribution in [0.5, 0.6) is 0 Å². The lowest BCUT2D eigenvalue weighted by Crippen LogP contribution is -2.40. The average molecular weight is 257 g/mol. The standard InChI is InChI=1S/C13H23NO4/c1-10(2)14(9-13(16)17)12(15)4-3-11-5-7-18-8-6-11/h10-11H,3-9H2,1-2H3,(H,16,17). The molecule has 104 valence electrons. The topological polar surface area (TPSA) is 66.8 Å². The normalized spacial score (nSPS) is 16.8. The van der Waals surface area contributed by atoms with Crippen molar-refractivity contribution in [3.05, 3.63) is 0 Å². The van der Waals surface area contributed by atoms with Crippen molar-refractivity contribution in [2.45, 2.75) is 45.6 Å². The summed E-state index contributed by atoms with van der Waals surface area (Å²) in [7, 11) is 0. The molecule has 0 bridgehead atoms. The second kappa shape index (κ2) is 7.36. The van der Waals surface area contributed by atoms with Crippen LogP contribution in [0.1, 0.15) is 39.5 Å². The fourth-order valence-corrected chi connectivity index (χ4v) is 2.21. The van der Waals surface area contributed by atoms with Crippen LogP contribution in [0.4, 0.5) is 0 Å². The van der Waals surface area contributed by atoms with Crippen LogP contribution < -0.4 is 0 Å². The lowest BCUT2D eigenvalue weighted by molar-refractivity contribution is -0.146. The van der Waals surface area contributed by atoms with Crippen LogP contribution in [0.25, 0.3) is 0 Å². The van der Waals surface area contributed by atoms with Crippen LogP contribution >= 0.6 is 0 Å². The summed E-state index contributed by atoms with van der Waals surface area (Å²) in [6.07, 6.45) is 3.29. The van der Waals surface area contributed by atoms with Crippen LogP contribution in [0, 0.1) is 5.92 Å². The van der Waals surface area contributed by atoms with E-state index in [4.69, 9.17) is 9.84 Å². The summed E-state index contributed by atoms with van der Waals surface area (Å²) in [6.45, 7) is 5.04. The monoisotopic (exact) mass is 257 g/mol. The van der Waals surface area contributed by atoms with E-state index in [2.05, 4.69) is 0 Å². The molecule has 18 heavy (non-hydrogen) atoms. The highest BCUT2D eigenvalue weighted by Gasteiger charge is 2.21. The van der Waals surface area contributed by atoms with Gasteiger partial charge in [-0.25, -0.2) is 0 Å². The van der Waals surface area contributed by atoms with Crippen molar-refractivity contribution in [3.8, 4) is 0 Å². The van der Waals surface area contributed by atoms with Crippen molar-refractivity contribution in [3.63, 3.8) is 0 Å². The minimum atomic E-state index is -0.955. The van der Waals surface area contributed by atoms with Crippen LogP contribution in [0.3, 0.4) is 0 Å². The van der Waals surface area contributed by atoms with E-state index in [-0.39, 0.29) is 18.5 Å². The fraction of sp³-hybridized carbons (Fsp3) is 0.846. The predicted octanol–water partition coefficient (Wildman–Crippen LogP) is 1.51. The van der Waals surface area contributed by atoms with Gasteiger partial charge in [-0.15, -0.1) is 0 Å². The number of ether oxygens (including phenoxy) is 1. The number of hydrogen-bond donors (Lipinski definition) is 1. The van der Waals surface area contributed by atoms with Crippen LogP contribution in [-0.2, 0) is 14.3 Å². The molecule has 1 fully saturated rings. The summed E-state index contributed by atoms with van der Waals surface area (Å²) in [5, 5.41) is 8.79. The van der Waals surface area contributed by atoms with Crippen molar-refractivity contribution in [1.29, 1.82) is 0 Å². The van der Waals surface area contributed by atoms with E-state index in [1.807, 2.05) is 13.8 Å². The predicted molar refractivity (Wildman–Crippen MR) is 67.3 cm³/mol. The third-order valence-electron chi connectivity index (χ3n) is 3.36. The maximum absolute atomic E-state index is 12.0. The van der Waals surface area contributed by atoms with Crippen molar-refractivity contribution in [2.75, 3.05) is 19.8 Å². The molecular weight excluding hydrogens is 234 g/mol. The zero-order valence-electron chi connectivity index (χ0n) is 11.2. The van der Waals surface area contributed by atoms with Crippen molar-refractivity contribution in [1.82, 2.24) is 4.90 Å². The number of carboxylic acids is 1. The summed E-state index contributed by atoms with van der Waals surface area (Å²) in [6, 6.07) is -0.0664. The molecule has 0 aromatic carbocycles. The van der Waals surface area contributed by atoms with E-state index < -0.39 is 5.97 Å². The summed E-state index contributed by atoms with van der Waals surface area (Å²) >= 11 is 0. The average Bonchev–Trinajstić information content (AvgIpc) is 2.34. The van der Waals surface area contributed by atoms with E-state index in [1.54, 1.807) is 0 Å². The molecule has 1 aliphatic heterocycles. The first-order valence-electron chi connectivity index (χ1n) is 6.59. The molecule has 0 radical (unpaired) electrons. The summed E-state index contributed by atoms with van der Waals surface area (Å²) in [4.78, 5) is 24.1. The Kier molecular flexibility index (Phi) is 6.12.